The number of anilines is 1. The Balaban J connectivity index is 1.86. The zero-order chi connectivity index (χ0) is 17.1. The van der Waals surface area contributed by atoms with Crippen molar-refractivity contribution in [2.24, 2.45) is 0 Å². The fourth-order valence-electron chi connectivity index (χ4n) is 3.40. The summed E-state index contributed by atoms with van der Waals surface area (Å²) in [7, 11) is 0. The van der Waals surface area contributed by atoms with Crippen LogP contribution in [-0.2, 0) is 6.42 Å². The highest BCUT2D eigenvalue weighted by Crippen LogP contribution is 2.34. The van der Waals surface area contributed by atoms with E-state index in [9.17, 15) is 9.90 Å². The first-order valence-corrected chi connectivity index (χ1v) is 8.31. The molecule has 0 unspecified atom stereocenters. The van der Waals surface area contributed by atoms with Crippen LogP contribution in [0, 0.1) is 13.8 Å². The van der Waals surface area contributed by atoms with Gasteiger partial charge in [-0.05, 0) is 44.2 Å². The number of rotatable bonds is 4. The number of aliphatic hydroxyl groups excluding tert-OH is 1. The molecule has 2 N–H and O–H groups in total. The van der Waals surface area contributed by atoms with Crippen molar-refractivity contribution in [2.45, 2.75) is 39.2 Å². The molecule has 6 heteroatoms. The van der Waals surface area contributed by atoms with Crippen molar-refractivity contribution in [2.75, 3.05) is 18.5 Å². The van der Waals surface area contributed by atoms with Crippen LogP contribution in [0.2, 0.25) is 0 Å². The van der Waals surface area contributed by atoms with Gasteiger partial charge in [0.2, 0.25) is 0 Å². The molecule has 1 aliphatic rings. The standard InChI is InChI=1S/C18H23N3O3/c1-12-17(13(2)24-20-12)19-18(23)21(10-11-22)16-9-5-7-14-6-3-4-8-15(14)16/h3-4,6,8,16,22H,5,7,9-11H2,1-2H3,(H,19,23)/t16-/m0/s1. The molecule has 0 spiro atoms. The summed E-state index contributed by atoms with van der Waals surface area (Å²) in [5, 5.41) is 16.2. The summed E-state index contributed by atoms with van der Waals surface area (Å²) in [6.45, 7) is 3.77. The smallest absolute Gasteiger partial charge is 0.322 e. The van der Waals surface area contributed by atoms with Gasteiger partial charge in [0.25, 0.3) is 0 Å². The Morgan fingerprint density at radius 3 is 2.92 bits per heavy atom. The predicted octanol–water partition coefficient (Wildman–Crippen LogP) is 3.20. The van der Waals surface area contributed by atoms with Gasteiger partial charge in [-0.2, -0.15) is 0 Å². The number of amides is 2. The van der Waals surface area contributed by atoms with Crippen LogP contribution in [0.15, 0.2) is 28.8 Å². The van der Waals surface area contributed by atoms with Crippen LogP contribution in [0.5, 0.6) is 0 Å². The summed E-state index contributed by atoms with van der Waals surface area (Å²) in [4.78, 5) is 14.6. The molecular formula is C18H23N3O3. The minimum atomic E-state index is -0.236. The number of hydrogen-bond donors (Lipinski definition) is 2. The Hall–Kier alpha value is -2.34. The summed E-state index contributed by atoms with van der Waals surface area (Å²) in [5.41, 5.74) is 3.70. The van der Waals surface area contributed by atoms with E-state index in [1.165, 1.54) is 11.1 Å². The maximum Gasteiger partial charge on any atom is 0.322 e. The Morgan fingerprint density at radius 2 is 2.21 bits per heavy atom. The van der Waals surface area contributed by atoms with Crippen molar-refractivity contribution in [1.29, 1.82) is 0 Å². The Kier molecular flexibility index (Phi) is 4.85. The van der Waals surface area contributed by atoms with Gasteiger partial charge in [-0.25, -0.2) is 4.79 Å². The van der Waals surface area contributed by atoms with E-state index in [0.29, 0.717) is 17.1 Å². The predicted molar refractivity (Wildman–Crippen MR) is 90.9 cm³/mol. The highest BCUT2D eigenvalue weighted by Gasteiger charge is 2.29. The molecule has 0 saturated heterocycles. The third-order valence-electron chi connectivity index (χ3n) is 4.58. The van der Waals surface area contributed by atoms with Gasteiger partial charge in [0.1, 0.15) is 11.4 Å². The molecule has 3 rings (SSSR count). The van der Waals surface area contributed by atoms with E-state index in [2.05, 4.69) is 22.6 Å². The summed E-state index contributed by atoms with van der Waals surface area (Å²) in [5.74, 6) is 0.578. The second-order valence-electron chi connectivity index (χ2n) is 6.15. The van der Waals surface area contributed by atoms with Crippen LogP contribution in [0.4, 0.5) is 10.5 Å². The number of aryl methyl sites for hydroxylation is 3. The largest absolute Gasteiger partial charge is 0.395 e. The molecule has 1 aromatic carbocycles. The third-order valence-corrected chi connectivity index (χ3v) is 4.58. The molecule has 0 saturated carbocycles. The van der Waals surface area contributed by atoms with E-state index in [4.69, 9.17) is 4.52 Å². The number of benzene rings is 1. The van der Waals surface area contributed by atoms with Gasteiger partial charge in [0, 0.05) is 6.54 Å². The van der Waals surface area contributed by atoms with Gasteiger partial charge in [0.05, 0.1) is 12.6 Å². The topological polar surface area (TPSA) is 78.6 Å². The van der Waals surface area contributed by atoms with Gasteiger partial charge < -0.3 is 19.8 Å². The van der Waals surface area contributed by atoms with Crippen molar-refractivity contribution >= 4 is 11.7 Å². The van der Waals surface area contributed by atoms with Crippen LogP contribution >= 0.6 is 0 Å². The Labute approximate surface area is 141 Å². The minimum Gasteiger partial charge on any atom is -0.395 e. The van der Waals surface area contributed by atoms with Crippen LogP contribution in [0.3, 0.4) is 0 Å². The number of aromatic nitrogens is 1. The fraction of sp³-hybridized carbons (Fsp3) is 0.444. The summed E-state index contributed by atoms with van der Waals surface area (Å²) in [6.07, 6.45) is 2.96. The molecule has 2 amide bonds. The number of urea groups is 1. The minimum absolute atomic E-state index is 0.0254. The SMILES string of the molecule is Cc1noc(C)c1NC(=O)N(CCO)[C@H]1CCCc2ccccc21. The van der Waals surface area contributed by atoms with Gasteiger partial charge in [-0.3, -0.25) is 0 Å². The zero-order valence-electron chi connectivity index (χ0n) is 14.1. The molecule has 6 nitrogen and oxygen atoms in total. The van der Waals surface area contributed by atoms with E-state index in [1.807, 2.05) is 12.1 Å². The lowest BCUT2D eigenvalue weighted by Crippen LogP contribution is -2.41. The average molecular weight is 329 g/mol. The molecule has 0 bridgehead atoms. The molecule has 0 radical (unpaired) electrons. The zero-order valence-corrected chi connectivity index (χ0v) is 14.1. The number of carbonyl (C=O) groups is 1. The van der Waals surface area contributed by atoms with Crippen molar-refractivity contribution in [3.8, 4) is 0 Å². The third kappa shape index (κ3) is 3.14. The first kappa shape index (κ1) is 16.5. The van der Waals surface area contributed by atoms with Gasteiger partial charge >= 0.3 is 6.03 Å². The van der Waals surface area contributed by atoms with E-state index in [-0.39, 0.29) is 25.2 Å². The molecule has 2 aromatic rings. The van der Waals surface area contributed by atoms with Crippen molar-refractivity contribution in [3.05, 3.63) is 46.8 Å². The van der Waals surface area contributed by atoms with Crippen LogP contribution in [-0.4, -0.2) is 34.3 Å². The van der Waals surface area contributed by atoms with Gasteiger partial charge in [0.15, 0.2) is 5.76 Å². The van der Waals surface area contributed by atoms with Crippen molar-refractivity contribution in [3.63, 3.8) is 0 Å². The quantitative estimate of drug-likeness (QED) is 0.903. The fourth-order valence-corrected chi connectivity index (χ4v) is 3.40. The molecule has 24 heavy (non-hydrogen) atoms. The molecule has 0 aliphatic heterocycles. The lowest BCUT2D eigenvalue weighted by Gasteiger charge is -2.35. The molecule has 128 valence electrons. The highest BCUT2D eigenvalue weighted by atomic mass is 16.5. The molecule has 0 fully saturated rings. The molecule has 1 aliphatic carbocycles. The highest BCUT2D eigenvalue weighted by molar-refractivity contribution is 5.90. The van der Waals surface area contributed by atoms with Crippen molar-refractivity contribution in [1.82, 2.24) is 10.1 Å². The first-order valence-electron chi connectivity index (χ1n) is 8.31. The van der Waals surface area contributed by atoms with Gasteiger partial charge in [-0.1, -0.05) is 29.4 Å². The lowest BCUT2D eigenvalue weighted by atomic mass is 9.87. The van der Waals surface area contributed by atoms with E-state index in [1.54, 1.807) is 18.7 Å². The number of fused-ring (bicyclic) bond motifs is 1. The number of nitrogens with one attached hydrogen (secondary N) is 1. The van der Waals surface area contributed by atoms with Crippen molar-refractivity contribution < 1.29 is 14.4 Å². The summed E-state index contributed by atoms with van der Waals surface area (Å²) in [6, 6.07) is 7.96. The van der Waals surface area contributed by atoms with Gasteiger partial charge in [-0.15, -0.1) is 0 Å². The summed E-state index contributed by atoms with van der Waals surface area (Å²) < 4.78 is 5.10. The van der Waals surface area contributed by atoms with Crippen LogP contribution in [0.25, 0.3) is 0 Å². The monoisotopic (exact) mass is 329 g/mol. The average Bonchev–Trinajstić information content (AvgIpc) is 2.91. The first-order chi connectivity index (χ1) is 11.6. The van der Waals surface area contributed by atoms with E-state index >= 15 is 0 Å². The lowest BCUT2D eigenvalue weighted by molar-refractivity contribution is 0.155. The number of nitrogens with zero attached hydrogens (tertiary/aromatic N) is 2. The normalized spacial score (nSPS) is 16.5. The Bertz CT molecular complexity index is 707. The second kappa shape index (κ2) is 7.05. The number of hydrogen-bond acceptors (Lipinski definition) is 4. The van der Waals surface area contributed by atoms with Crippen LogP contribution < -0.4 is 5.32 Å². The van der Waals surface area contributed by atoms with E-state index in [0.717, 1.165) is 19.3 Å². The molecule has 1 atom stereocenters. The number of carbonyl (C=O) groups excluding carboxylic acids is 1. The molecule has 1 heterocycles. The summed E-state index contributed by atoms with van der Waals surface area (Å²) >= 11 is 0. The van der Waals surface area contributed by atoms with E-state index < -0.39 is 0 Å². The number of aliphatic hydroxyl groups is 1. The Morgan fingerprint density at radius 1 is 1.42 bits per heavy atom. The maximum absolute atomic E-state index is 12.8. The molecule has 1 aromatic heterocycles. The van der Waals surface area contributed by atoms with Crippen LogP contribution in [0.1, 0.15) is 41.5 Å². The maximum atomic E-state index is 12.8. The second-order valence-corrected chi connectivity index (χ2v) is 6.15. The molecular weight excluding hydrogens is 306 g/mol.